The van der Waals surface area contributed by atoms with Crippen molar-refractivity contribution in [2.45, 2.75) is 5.92 Å². The van der Waals surface area contributed by atoms with Gasteiger partial charge in [-0.15, -0.1) is 0 Å². The van der Waals surface area contributed by atoms with Gasteiger partial charge in [-0.05, 0) is 22.3 Å². The van der Waals surface area contributed by atoms with Crippen LogP contribution in [0.5, 0.6) is 0 Å². The molecule has 2 aromatic carbocycles. The first-order chi connectivity index (χ1) is 11.2. The first kappa shape index (κ1) is 15.6. The molecule has 5 heteroatoms. The molecule has 1 aliphatic carbocycles. The number of carboxylic acids is 1. The van der Waals surface area contributed by atoms with Gasteiger partial charge < -0.3 is 9.94 Å². The third-order valence-electron chi connectivity index (χ3n) is 3.93. The molecule has 2 aromatic rings. The SMILES string of the molecule is CON=C(CSCC1c2ccccc2-c2ccccc21)C(=O)O. The summed E-state index contributed by atoms with van der Waals surface area (Å²) in [6.07, 6.45) is 0. The Bertz CT molecular complexity index is 712. The van der Waals surface area contributed by atoms with Gasteiger partial charge in [0.1, 0.15) is 7.11 Å². The molecule has 0 saturated carbocycles. The van der Waals surface area contributed by atoms with E-state index in [9.17, 15) is 4.79 Å². The average Bonchev–Trinajstić information content (AvgIpc) is 2.88. The van der Waals surface area contributed by atoms with Crippen LogP contribution in [0, 0.1) is 0 Å². The molecule has 0 spiro atoms. The number of aliphatic carboxylic acids is 1. The standard InChI is InChI=1S/C18H17NO3S/c1-22-19-17(18(20)21)11-23-10-16-14-8-4-2-6-12(14)13-7-3-5-9-15(13)16/h2-9,16H,10-11H2,1H3,(H,20,21). The van der Waals surface area contributed by atoms with Crippen molar-refractivity contribution in [3.05, 3.63) is 59.7 Å². The second kappa shape index (κ2) is 6.87. The Morgan fingerprint density at radius 1 is 1.13 bits per heavy atom. The van der Waals surface area contributed by atoms with Crippen LogP contribution in [0.1, 0.15) is 17.0 Å². The number of rotatable bonds is 6. The minimum absolute atomic E-state index is 0.0390. The number of hydrogen-bond donors (Lipinski definition) is 1. The Labute approximate surface area is 139 Å². The number of hydrogen-bond acceptors (Lipinski definition) is 4. The van der Waals surface area contributed by atoms with Crippen LogP contribution in [-0.2, 0) is 9.63 Å². The molecule has 0 bridgehead atoms. The molecule has 0 amide bonds. The van der Waals surface area contributed by atoms with Crippen molar-refractivity contribution >= 4 is 23.4 Å². The number of benzene rings is 2. The molecule has 0 saturated heterocycles. The Morgan fingerprint density at radius 2 is 1.70 bits per heavy atom. The maximum Gasteiger partial charge on any atom is 0.354 e. The van der Waals surface area contributed by atoms with E-state index in [2.05, 4.69) is 58.5 Å². The highest BCUT2D eigenvalue weighted by molar-refractivity contribution is 8.00. The Balaban J connectivity index is 1.78. The third kappa shape index (κ3) is 3.10. The summed E-state index contributed by atoms with van der Waals surface area (Å²) >= 11 is 1.56. The van der Waals surface area contributed by atoms with E-state index in [0.717, 1.165) is 5.75 Å². The number of oxime groups is 1. The predicted octanol–water partition coefficient (Wildman–Crippen LogP) is 3.62. The molecule has 118 valence electrons. The minimum Gasteiger partial charge on any atom is -0.477 e. The molecule has 0 aromatic heterocycles. The normalized spacial score (nSPS) is 13.5. The third-order valence-corrected chi connectivity index (χ3v) is 4.98. The van der Waals surface area contributed by atoms with Gasteiger partial charge >= 0.3 is 5.97 Å². The Hall–Kier alpha value is -2.27. The molecule has 1 aliphatic rings. The summed E-state index contributed by atoms with van der Waals surface area (Å²) in [5.41, 5.74) is 5.20. The first-order valence-corrected chi connectivity index (χ1v) is 8.47. The molecule has 1 N–H and O–H groups in total. The van der Waals surface area contributed by atoms with Crippen molar-refractivity contribution in [2.75, 3.05) is 18.6 Å². The van der Waals surface area contributed by atoms with Gasteiger partial charge in [-0.2, -0.15) is 11.8 Å². The van der Waals surface area contributed by atoms with Crippen molar-refractivity contribution in [1.82, 2.24) is 0 Å². The summed E-state index contributed by atoms with van der Waals surface area (Å²) < 4.78 is 0. The zero-order valence-electron chi connectivity index (χ0n) is 12.7. The number of fused-ring (bicyclic) bond motifs is 3. The minimum atomic E-state index is -1.04. The van der Waals surface area contributed by atoms with Crippen molar-refractivity contribution < 1.29 is 14.7 Å². The second-order valence-corrected chi connectivity index (χ2v) is 6.30. The highest BCUT2D eigenvalue weighted by atomic mass is 32.2. The zero-order valence-corrected chi connectivity index (χ0v) is 13.5. The van der Waals surface area contributed by atoms with E-state index in [1.807, 2.05) is 0 Å². The topological polar surface area (TPSA) is 58.9 Å². The number of carbonyl (C=O) groups is 1. The van der Waals surface area contributed by atoms with E-state index in [0.29, 0.717) is 5.75 Å². The lowest BCUT2D eigenvalue weighted by molar-refractivity contribution is -0.129. The van der Waals surface area contributed by atoms with Gasteiger partial charge in [-0.1, -0.05) is 53.7 Å². The fourth-order valence-electron chi connectivity index (χ4n) is 2.95. The lowest BCUT2D eigenvalue weighted by atomic mass is 9.99. The Kier molecular flexibility index (Phi) is 4.67. The van der Waals surface area contributed by atoms with Gasteiger partial charge in [0.25, 0.3) is 0 Å². The molecule has 0 heterocycles. The molecule has 0 radical (unpaired) electrons. The summed E-state index contributed by atoms with van der Waals surface area (Å²) in [6.45, 7) is 0. The van der Waals surface area contributed by atoms with Crippen molar-refractivity contribution in [2.24, 2.45) is 5.16 Å². The fraction of sp³-hybridized carbons (Fsp3) is 0.222. The summed E-state index contributed by atoms with van der Waals surface area (Å²) in [6, 6.07) is 16.8. The summed E-state index contributed by atoms with van der Waals surface area (Å²) in [5.74, 6) is 0.380. The van der Waals surface area contributed by atoms with Crippen molar-refractivity contribution in [3.8, 4) is 11.1 Å². The maximum atomic E-state index is 11.1. The van der Waals surface area contributed by atoms with E-state index in [1.165, 1.54) is 29.4 Å². The average molecular weight is 327 g/mol. The largest absolute Gasteiger partial charge is 0.477 e. The number of thioether (sulfide) groups is 1. The number of carboxylic acid groups (broad SMARTS) is 1. The molecule has 3 rings (SSSR count). The summed E-state index contributed by atoms with van der Waals surface area (Å²) in [7, 11) is 1.36. The molecule has 0 fully saturated rings. The predicted molar refractivity (Wildman–Crippen MR) is 93.1 cm³/mol. The molecule has 0 unspecified atom stereocenters. The van der Waals surface area contributed by atoms with Gasteiger partial charge in [0.15, 0.2) is 5.71 Å². The van der Waals surface area contributed by atoms with E-state index < -0.39 is 5.97 Å². The summed E-state index contributed by atoms with van der Waals surface area (Å²) in [4.78, 5) is 15.7. The highest BCUT2D eigenvalue weighted by Crippen LogP contribution is 2.45. The van der Waals surface area contributed by atoms with Crippen LogP contribution >= 0.6 is 11.8 Å². The fourth-order valence-corrected chi connectivity index (χ4v) is 4.03. The van der Waals surface area contributed by atoms with E-state index >= 15 is 0 Å². The van der Waals surface area contributed by atoms with E-state index in [-0.39, 0.29) is 11.6 Å². The van der Waals surface area contributed by atoms with Crippen molar-refractivity contribution in [1.29, 1.82) is 0 Å². The van der Waals surface area contributed by atoms with Crippen LogP contribution in [-0.4, -0.2) is 35.4 Å². The monoisotopic (exact) mass is 327 g/mol. The van der Waals surface area contributed by atoms with Gasteiger partial charge in [-0.25, -0.2) is 4.79 Å². The molecular formula is C18H17NO3S. The lowest BCUT2D eigenvalue weighted by Gasteiger charge is -2.13. The molecule has 0 aliphatic heterocycles. The van der Waals surface area contributed by atoms with E-state index in [4.69, 9.17) is 5.11 Å². The van der Waals surface area contributed by atoms with E-state index in [1.54, 1.807) is 11.8 Å². The van der Waals surface area contributed by atoms with Crippen LogP contribution in [0.15, 0.2) is 53.7 Å². The van der Waals surface area contributed by atoms with Gasteiger partial charge in [0.05, 0.1) is 0 Å². The molecule has 4 nitrogen and oxygen atoms in total. The van der Waals surface area contributed by atoms with Crippen LogP contribution in [0.3, 0.4) is 0 Å². The van der Waals surface area contributed by atoms with Gasteiger partial charge in [0.2, 0.25) is 0 Å². The molecule has 0 atom stereocenters. The number of nitrogens with zero attached hydrogens (tertiary/aromatic N) is 1. The van der Waals surface area contributed by atoms with Crippen LogP contribution < -0.4 is 0 Å². The van der Waals surface area contributed by atoms with Crippen LogP contribution in [0.4, 0.5) is 0 Å². The lowest BCUT2D eigenvalue weighted by Crippen LogP contribution is -2.17. The Morgan fingerprint density at radius 3 is 2.22 bits per heavy atom. The molecule has 23 heavy (non-hydrogen) atoms. The van der Waals surface area contributed by atoms with Crippen LogP contribution in [0.25, 0.3) is 11.1 Å². The molecular weight excluding hydrogens is 310 g/mol. The smallest absolute Gasteiger partial charge is 0.354 e. The van der Waals surface area contributed by atoms with Gasteiger partial charge in [-0.3, -0.25) is 0 Å². The van der Waals surface area contributed by atoms with Crippen LogP contribution in [0.2, 0.25) is 0 Å². The maximum absolute atomic E-state index is 11.1. The van der Waals surface area contributed by atoms with Gasteiger partial charge in [0, 0.05) is 17.4 Å². The summed E-state index contributed by atoms with van der Waals surface area (Å²) in [5, 5.41) is 12.7. The second-order valence-electron chi connectivity index (χ2n) is 5.27. The highest BCUT2D eigenvalue weighted by Gasteiger charge is 2.28. The quantitative estimate of drug-likeness (QED) is 0.650. The zero-order chi connectivity index (χ0) is 16.2. The first-order valence-electron chi connectivity index (χ1n) is 7.31. The van der Waals surface area contributed by atoms with Crippen molar-refractivity contribution in [3.63, 3.8) is 0 Å².